The molecule has 2 aliphatic heterocycles. The van der Waals surface area contributed by atoms with Gasteiger partial charge in [0.25, 0.3) is 0 Å². The number of nitrogens with zero attached hydrogens (tertiary/aromatic N) is 1. The van der Waals surface area contributed by atoms with Gasteiger partial charge in [-0.1, -0.05) is 15.9 Å². The second-order valence-corrected chi connectivity index (χ2v) is 6.25. The van der Waals surface area contributed by atoms with E-state index in [2.05, 4.69) is 15.9 Å². The largest absolute Gasteiger partial charge is 0.493 e. The number of amides is 1. The molecule has 4 nitrogen and oxygen atoms in total. The van der Waals surface area contributed by atoms with E-state index in [-0.39, 0.29) is 13.0 Å². The average Bonchev–Trinajstić information content (AvgIpc) is 2.95. The van der Waals surface area contributed by atoms with E-state index in [1.807, 2.05) is 12.1 Å². The van der Waals surface area contributed by atoms with E-state index in [1.54, 1.807) is 4.90 Å². The molecule has 2 heterocycles. The highest BCUT2D eigenvalue weighted by Gasteiger charge is 2.36. The predicted octanol–water partition coefficient (Wildman–Crippen LogP) is 1.78. The summed E-state index contributed by atoms with van der Waals surface area (Å²) in [6.45, 7) is 1.40. The highest BCUT2D eigenvalue weighted by atomic mass is 79.9. The van der Waals surface area contributed by atoms with Crippen LogP contribution in [0.1, 0.15) is 17.5 Å². The fourth-order valence-electron chi connectivity index (χ4n) is 3.00. The van der Waals surface area contributed by atoms with E-state index in [1.165, 1.54) is 0 Å². The molecule has 1 amide bonds. The number of ether oxygens (including phenoxy) is 1. The quantitative estimate of drug-likeness (QED) is 0.910. The molecule has 1 aromatic rings. The molecule has 3 rings (SSSR count). The van der Waals surface area contributed by atoms with Crippen LogP contribution in [-0.4, -0.2) is 36.2 Å². The van der Waals surface area contributed by atoms with Crippen molar-refractivity contribution in [3.8, 4) is 5.75 Å². The van der Waals surface area contributed by atoms with Gasteiger partial charge in [0, 0.05) is 36.0 Å². The van der Waals surface area contributed by atoms with E-state index in [0.717, 1.165) is 27.8 Å². The third kappa shape index (κ3) is 2.54. The Morgan fingerprint density at radius 1 is 1.55 bits per heavy atom. The lowest BCUT2D eigenvalue weighted by Crippen LogP contribution is -2.39. The maximum atomic E-state index is 13.6. The summed E-state index contributed by atoms with van der Waals surface area (Å²) in [7, 11) is 0. The number of likely N-dealkylation sites (tertiary alicyclic amines) is 1. The maximum Gasteiger partial charge on any atom is 0.234 e. The first-order valence-electron chi connectivity index (χ1n) is 6.66. The number of alkyl halides is 1. The monoisotopic (exact) mass is 342 g/mol. The van der Waals surface area contributed by atoms with Crippen molar-refractivity contribution in [2.24, 2.45) is 5.73 Å². The molecule has 2 N–H and O–H groups in total. The van der Waals surface area contributed by atoms with Crippen LogP contribution in [0.4, 0.5) is 4.39 Å². The van der Waals surface area contributed by atoms with Crippen molar-refractivity contribution in [1.82, 2.24) is 4.90 Å². The third-order valence-electron chi connectivity index (χ3n) is 3.88. The second kappa shape index (κ2) is 5.33. The molecular formula is C14H16BrFN2O2. The minimum Gasteiger partial charge on any atom is -0.493 e. The van der Waals surface area contributed by atoms with Crippen molar-refractivity contribution in [1.29, 1.82) is 0 Å². The summed E-state index contributed by atoms with van der Waals surface area (Å²) in [5.41, 5.74) is 7.49. The third-order valence-corrected chi connectivity index (χ3v) is 4.34. The Hall–Kier alpha value is -1.14. The Bertz CT molecular complexity index is 552. The van der Waals surface area contributed by atoms with E-state index >= 15 is 0 Å². The Balaban J connectivity index is 1.86. The van der Waals surface area contributed by atoms with Crippen LogP contribution in [0.5, 0.6) is 5.75 Å². The highest BCUT2D eigenvalue weighted by Crippen LogP contribution is 2.35. The fourth-order valence-corrected chi connectivity index (χ4v) is 3.55. The second-order valence-electron chi connectivity index (χ2n) is 5.33. The number of rotatable bonds is 3. The molecule has 1 fully saturated rings. The van der Waals surface area contributed by atoms with E-state index in [4.69, 9.17) is 10.5 Å². The van der Waals surface area contributed by atoms with Gasteiger partial charge in [0.2, 0.25) is 5.91 Å². The van der Waals surface area contributed by atoms with Crippen LogP contribution in [0.3, 0.4) is 0 Å². The van der Waals surface area contributed by atoms with Crippen LogP contribution >= 0.6 is 15.9 Å². The lowest BCUT2D eigenvalue weighted by Gasteiger charge is -2.22. The summed E-state index contributed by atoms with van der Waals surface area (Å²) >= 11 is 3.48. The molecule has 0 spiro atoms. The zero-order valence-corrected chi connectivity index (χ0v) is 12.5. The minimum absolute atomic E-state index is 0.187. The van der Waals surface area contributed by atoms with Crippen LogP contribution in [0, 0.1) is 0 Å². The molecule has 0 aromatic heterocycles. The van der Waals surface area contributed by atoms with Crippen molar-refractivity contribution < 1.29 is 13.9 Å². The molecule has 2 aliphatic rings. The van der Waals surface area contributed by atoms with E-state index < -0.39 is 18.1 Å². The first-order chi connectivity index (χ1) is 9.54. The lowest BCUT2D eigenvalue weighted by atomic mass is 10.1. The Labute approximate surface area is 125 Å². The van der Waals surface area contributed by atoms with Gasteiger partial charge in [0.05, 0.1) is 12.6 Å². The van der Waals surface area contributed by atoms with Crippen molar-refractivity contribution in [2.75, 3.05) is 13.2 Å². The number of nitrogens with two attached hydrogens (primary N) is 1. The molecule has 20 heavy (non-hydrogen) atoms. The van der Waals surface area contributed by atoms with Crippen LogP contribution in [-0.2, 0) is 17.8 Å². The molecule has 108 valence electrons. The van der Waals surface area contributed by atoms with Gasteiger partial charge in [0.1, 0.15) is 11.9 Å². The summed E-state index contributed by atoms with van der Waals surface area (Å²) < 4.78 is 20.2. The molecule has 0 saturated carbocycles. The molecule has 6 heteroatoms. The number of carbonyl (C=O) groups is 1. The number of hydrogen-bond acceptors (Lipinski definition) is 3. The number of hydrogen-bond donors (Lipinski definition) is 1. The molecule has 1 saturated heterocycles. The van der Waals surface area contributed by atoms with Crippen LogP contribution in [0.2, 0.25) is 0 Å². The van der Waals surface area contributed by atoms with Crippen LogP contribution < -0.4 is 10.5 Å². The van der Waals surface area contributed by atoms with Crippen molar-refractivity contribution >= 4 is 21.8 Å². The fraction of sp³-hybridized carbons (Fsp3) is 0.500. The van der Waals surface area contributed by atoms with E-state index in [9.17, 15) is 9.18 Å². The normalized spacial score (nSPS) is 25.5. The predicted molar refractivity (Wildman–Crippen MR) is 76.2 cm³/mol. The summed E-state index contributed by atoms with van der Waals surface area (Å²) in [5.74, 6) is 0.413. The molecule has 0 radical (unpaired) electrons. The van der Waals surface area contributed by atoms with Crippen LogP contribution in [0.25, 0.3) is 0 Å². The Morgan fingerprint density at radius 2 is 2.35 bits per heavy atom. The molecule has 0 aliphatic carbocycles. The zero-order chi connectivity index (χ0) is 14.3. The molecular weight excluding hydrogens is 327 g/mol. The van der Waals surface area contributed by atoms with Crippen LogP contribution in [0.15, 0.2) is 16.6 Å². The van der Waals surface area contributed by atoms with Gasteiger partial charge in [-0.3, -0.25) is 9.69 Å². The number of benzene rings is 1. The van der Waals surface area contributed by atoms with Gasteiger partial charge in [-0.15, -0.1) is 0 Å². The van der Waals surface area contributed by atoms with Gasteiger partial charge in [0.15, 0.2) is 0 Å². The summed E-state index contributed by atoms with van der Waals surface area (Å²) in [6.07, 6.45) is 0.0766. The smallest absolute Gasteiger partial charge is 0.234 e. The molecule has 2 atom stereocenters. The lowest BCUT2D eigenvalue weighted by molar-refractivity contribution is -0.122. The van der Waals surface area contributed by atoms with Crippen molar-refractivity contribution in [2.45, 2.75) is 31.6 Å². The van der Waals surface area contributed by atoms with Gasteiger partial charge in [-0.2, -0.15) is 0 Å². The standard InChI is InChI=1S/C14H16BrFN2O2/c15-10-3-8-1-2-20-13(8)9(4-10)6-18-7-11(16)5-12(18)14(17)19/h3-4,11-12H,1-2,5-7H2,(H2,17,19)/t11-,12+/m1/s1. The highest BCUT2D eigenvalue weighted by molar-refractivity contribution is 9.10. The van der Waals surface area contributed by atoms with Gasteiger partial charge in [-0.05, 0) is 17.7 Å². The Kier molecular flexibility index (Phi) is 3.69. The average molecular weight is 343 g/mol. The number of primary amides is 1. The van der Waals surface area contributed by atoms with Gasteiger partial charge >= 0.3 is 0 Å². The maximum absolute atomic E-state index is 13.6. The number of fused-ring (bicyclic) bond motifs is 1. The van der Waals surface area contributed by atoms with Crippen molar-refractivity contribution in [3.05, 3.63) is 27.7 Å². The van der Waals surface area contributed by atoms with E-state index in [0.29, 0.717) is 13.2 Å². The minimum atomic E-state index is -0.992. The number of halogens is 2. The molecule has 1 aromatic carbocycles. The zero-order valence-electron chi connectivity index (χ0n) is 10.9. The van der Waals surface area contributed by atoms with Gasteiger partial charge < -0.3 is 10.5 Å². The molecule has 0 unspecified atom stereocenters. The Morgan fingerprint density at radius 3 is 3.10 bits per heavy atom. The number of carbonyl (C=O) groups excluding carboxylic acids is 1. The first-order valence-corrected chi connectivity index (χ1v) is 7.45. The molecule has 0 bridgehead atoms. The SMILES string of the molecule is NC(=O)[C@@H]1C[C@@H](F)CN1Cc1cc(Br)cc2c1OCC2. The van der Waals surface area contributed by atoms with Crippen molar-refractivity contribution in [3.63, 3.8) is 0 Å². The summed E-state index contributed by atoms with van der Waals surface area (Å²) in [5, 5.41) is 0. The summed E-state index contributed by atoms with van der Waals surface area (Å²) in [6, 6.07) is 3.48. The first kappa shape index (κ1) is 13.8. The summed E-state index contributed by atoms with van der Waals surface area (Å²) in [4.78, 5) is 13.2. The van der Waals surface area contributed by atoms with Gasteiger partial charge in [-0.25, -0.2) is 4.39 Å². The topological polar surface area (TPSA) is 55.6 Å².